The summed E-state index contributed by atoms with van der Waals surface area (Å²) in [6.07, 6.45) is 4.57. The summed E-state index contributed by atoms with van der Waals surface area (Å²) in [5, 5.41) is 3.07. The molecule has 5 heteroatoms. The van der Waals surface area contributed by atoms with Gasteiger partial charge in [-0.15, -0.1) is 12.4 Å². The first-order chi connectivity index (χ1) is 12.1. The number of carbonyl (C=O) groups excluding carboxylic acids is 1. The summed E-state index contributed by atoms with van der Waals surface area (Å²) in [6, 6.07) is 16.1. The van der Waals surface area contributed by atoms with Gasteiger partial charge < -0.3 is 11.1 Å². The number of rotatable bonds is 6. The van der Waals surface area contributed by atoms with Crippen LogP contribution in [0.2, 0.25) is 0 Å². The third-order valence-electron chi connectivity index (χ3n) is 5.27. The van der Waals surface area contributed by atoms with Crippen LogP contribution in [0, 0.1) is 5.82 Å². The van der Waals surface area contributed by atoms with E-state index in [4.69, 9.17) is 5.73 Å². The summed E-state index contributed by atoms with van der Waals surface area (Å²) in [6.45, 7) is 0.582. The van der Waals surface area contributed by atoms with E-state index < -0.39 is 0 Å². The molecule has 0 spiro atoms. The minimum atomic E-state index is -0.299. The lowest BCUT2D eigenvalue weighted by molar-refractivity contribution is -0.121. The van der Waals surface area contributed by atoms with Gasteiger partial charge in [0.2, 0.25) is 5.91 Å². The lowest BCUT2D eigenvalue weighted by Crippen LogP contribution is -2.39. The molecule has 3 N–H and O–H groups in total. The molecule has 1 saturated carbocycles. The highest BCUT2D eigenvalue weighted by molar-refractivity contribution is 5.85. The van der Waals surface area contributed by atoms with Crippen LogP contribution in [0.3, 0.4) is 0 Å². The van der Waals surface area contributed by atoms with E-state index in [1.807, 2.05) is 42.5 Å². The minimum absolute atomic E-state index is 0. The molecule has 0 aromatic heterocycles. The van der Waals surface area contributed by atoms with Crippen LogP contribution >= 0.6 is 12.4 Å². The molecule has 140 valence electrons. The standard InChI is InChI=1S/C21H25FN2O.ClH/c22-18-10-8-17(9-11-18)21(12-4-5-13-21)15-24-20(25)14-19(23)16-6-2-1-3-7-16;/h1-3,6-11,19H,4-5,12-15,23H2,(H,24,25);1H. The number of benzene rings is 2. The lowest BCUT2D eigenvalue weighted by Gasteiger charge is -2.30. The van der Waals surface area contributed by atoms with Crippen LogP contribution in [0.15, 0.2) is 54.6 Å². The highest BCUT2D eigenvalue weighted by Gasteiger charge is 2.35. The van der Waals surface area contributed by atoms with Crippen molar-refractivity contribution in [2.24, 2.45) is 5.73 Å². The molecule has 0 aliphatic heterocycles. The van der Waals surface area contributed by atoms with Crippen LogP contribution < -0.4 is 11.1 Å². The van der Waals surface area contributed by atoms with Crippen LogP contribution in [-0.2, 0) is 10.2 Å². The van der Waals surface area contributed by atoms with Gasteiger partial charge >= 0.3 is 0 Å². The maximum Gasteiger partial charge on any atom is 0.221 e. The van der Waals surface area contributed by atoms with Gasteiger partial charge in [-0.2, -0.15) is 0 Å². The number of nitrogens with one attached hydrogen (secondary N) is 1. The van der Waals surface area contributed by atoms with Gasteiger partial charge in [0.05, 0.1) is 0 Å². The van der Waals surface area contributed by atoms with Crippen molar-refractivity contribution in [1.82, 2.24) is 5.32 Å². The molecule has 1 fully saturated rings. The number of hydrogen-bond donors (Lipinski definition) is 2. The van der Waals surface area contributed by atoms with Crippen molar-refractivity contribution >= 4 is 18.3 Å². The fraction of sp³-hybridized carbons (Fsp3) is 0.381. The van der Waals surface area contributed by atoms with E-state index in [1.165, 1.54) is 12.1 Å². The first kappa shape index (κ1) is 20.4. The van der Waals surface area contributed by atoms with Gasteiger partial charge in [0.25, 0.3) is 0 Å². The van der Waals surface area contributed by atoms with E-state index in [9.17, 15) is 9.18 Å². The second-order valence-electron chi connectivity index (χ2n) is 6.99. The van der Waals surface area contributed by atoms with Gasteiger partial charge in [0.15, 0.2) is 0 Å². The Morgan fingerprint density at radius 2 is 1.69 bits per heavy atom. The monoisotopic (exact) mass is 376 g/mol. The maximum atomic E-state index is 13.2. The number of amides is 1. The third-order valence-corrected chi connectivity index (χ3v) is 5.27. The van der Waals surface area contributed by atoms with Crippen molar-refractivity contribution in [2.75, 3.05) is 6.54 Å². The van der Waals surface area contributed by atoms with E-state index >= 15 is 0 Å². The molecule has 1 atom stereocenters. The van der Waals surface area contributed by atoms with Crippen LogP contribution in [0.4, 0.5) is 4.39 Å². The molecule has 26 heavy (non-hydrogen) atoms. The van der Waals surface area contributed by atoms with Gasteiger partial charge in [0, 0.05) is 24.4 Å². The molecule has 1 unspecified atom stereocenters. The SMILES string of the molecule is Cl.NC(CC(=O)NCC1(c2ccc(F)cc2)CCCC1)c1ccccc1. The van der Waals surface area contributed by atoms with Crippen molar-refractivity contribution in [2.45, 2.75) is 43.6 Å². The highest BCUT2D eigenvalue weighted by Crippen LogP contribution is 2.40. The lowest BCUT2D eigenvalue weighted by atomic mass is 9.78. The molecule has 2 aromatic carbocycles. The minimum Gasteiger partial charge on any atom is -0.355 e. The molecular weight excluding hydrogens is 351 g/mol. The molecule has 0 saturated heterocycles. The second-order valence-corrected chi connectivity index (χ2v) is 6.99. The normalized spacial score (nSPS) is 16.5. The van der Waals surface area contributed by atoms with E-state index in [0.29, 0.717) is 6.54 Å². The summed E-state index contributed by atoms with van der Waals surface area (Å²) in [5.41, 5.74) is 8.13. The fourth-order valence-electron chi connectivity index (χ4n) is 3.78. The summed E-state index contributed by atoms with van der Waals surface area (Å²) in [7, 11) is 0. The molecule has 1 aliphatic carbocycles. The van der Waals surface area contributed by atoms with E-state index in [0.717, 1.165) is 36.8 Å². The molecule has 3 rings (SSSR count). The molecule has 2 aromatic rings. The highest BCUT2D eigenvalue weighted by atomic mass is 35.5. The average molecular weight is 377 g/mol. The topological polar surface area (TPSA) is 55.1 Å². The zero-order chi connectivity index (χ0) is 17.7. The molecule has 1 aliphatic rings. The third kappa shape index (κ3) is 4.83. The Morgan fingerprint density at radius 3 is 2.31 bits per heavy atom. The largest absolute Gasteiger partial charge is 0.355 e. The van der Waals surface area contributed by atoms with Crippen molar-refractivity contribution in [3.63, 3.8) is 0 Å². The zero-order valence-electron chi connectivity index (χ0n) is 14.8. The average Bonchev–Trinajstić information content (AvgIpc) is 3.11. The zero-order valence-corrected chi connectivity index (χ0v) is 15.6. The number of nitrogens with two attached hydrogens (primary N) is 1. The Morgan fingerprint density at radius 1 is 1.08 bits per heavy atom. The van der Waals surface area contributed by atoms with E-state index in [-0.39, 0.29) is 42.0 Å². The summed E-state index contributed by atoms with van der Waals surface area (Å²) < 4.78 is 13.2. The van der Waals surface area contributed by atoms with Crippen molar-refractivity contribution < 1.29 is 9.18 Å². The Kier molecular flexibility index (Phi) is 7.18. The maximum absolute atomic E-state index is 13.2. The van der Waals surface area contributed by atoms with Crippen LogP contribution in [0.5, 0.6) is 0 Å². The molecule has 0 bridgehead atoms. The van der Waals surface area contributed by atoms with Crippen LogP contribution in [-0.4, -0.2) is 12.5 Å². The van der Waals surface area contributed by atoms with Crippen molar-refractivity contribution in [3.05, 3.63) is 71.5 Å². The van der Waals surface area contributed by atoms with Crippen molar-refractivity contribution in [1.29, 1.82) is 0 Å². The van der Waals surface area contributed by atoms with Gasteiger partial charge in [-0.3, -0.25) is 4.79 Å². The molecule has 3 nitrogen and oxygen atoms in total. The Labute approximate surface area is 160 Å². The van der Waals surface area contributed by atoms with Crippen LogP contribution in [0.1, 0.15) is 49.3 Å². The second kappa shape index (κ2) is 9.15. The quantitative estimate of drug-likeness (QED) is 0.791. The van der Waals surface area contributed by atoms with Crippen molar-refractivity contribution in [3.8, 4) is 0 Å². The smallest absolute Gasteiger partial charge is 0.221 e. The Bertz CT molecular complexity index is 700. The number of carbonyl (C=O) groups is 1. The molecule has 0 heterocycles. The van der Waals surface area contributed by atoms with E-state index in [2.05, 4.69) is 5.32 Å². The number of hydrogen-bond acceptors (Lipinski definition) is 2. The fourth-order valence-corrected chi connectivity index (χ4v) is 3.78. The Hall–Kier alpha value is -1.91. The molecule has 0 radical (unpaired) electrons. The summed E-state index contributed by atoms with van der Waals surface area (Å²) >= 11 is 0. The predicted octanol–water partition coefficient (Wildman–Crippen LogP) is 4.27. The predicted molar refractivity (Wildman–Crippen MR) is 105 cm³/mol. The van der Waals surface area contributed by atoms with Crippen LogP contribution in [0.25, 0.3) is 0 Å². The first-order valence-electron chi connectivity index (χ1n) is 8.92. The summed E-state index contributed by atoms with van der Waals surface area (Å²) in [4.78, 5) is 12.4. The first-order valence-corrected chi connectivity index (χ1v) is 8.92. The number of halogens is 2. The Balaban J connectivity index is 0.00000243. The van der Waals surface area contributed by atoms with Gasteiger partial charge in [-0.1, -0.05) is 55.3 Å². The summed E-state index contributed by atoms with van der Waals surface area (Å²) in [5.74, 6) is -0.264. The molecule has 1 amide bonds. The van der Waals surface area contributed by atoms with Gasteiger partial charge in [0.1, 0.15) is 5.82 Å². The van der Waals surface area contributed by atoms with Gasteiger partial charge in [-0.05, 0) is 36.1 Å². The van der Waals surface area contributed by atoms with Gasteiger partial charge in [-0.25, -0.2) is 4.39 Å². The molecular formula is C21H26ClFN2O. The van der Waals surface area contributed by atoms with E-state index in [1.54, 1.807) is 0 Å².